The van der Waals surface area contributed by atoms with Crippen LogP contribution in [0.4, 0.5) is 4.79 Å². The van der Waals surface area contributed by atoms with Crippen LogP contribution in [0.2, 0.25) is 0 Å². The van der Waals surface area contributed by atoms with Crippen molar-refractivity contribution in [2.75, 3.05) is 26.7 Å². The van der Waals surface area contributed by atoms with E-state index in [0.717, 1.165) is 0 Å². The van der Waals surface area contributed by atoms with Gasteiger partial charge in [-0.25, -0.2) is 9.59 Å². The Morgan fingerprint density at radius 2 is 1.79 bits per heavy atom. The average molecular weight is 405 g/mol. The molecule has 0 unspecified atom stereocenters. The maximum Gasteiger partial charge on any atom is 0.410 e. The van der Waals surface area contributed by atoms with Crippen molar-refractivity contribution >= 4 is 18.0 Å². The van der Waals surface area contributed by atoms with Gasteiger partial charge in [0.2, 0.25) is 5.91 Å². The standard InChI is InChI=1S/C21H31N3O5/c1-15-14-24(29-19(26)17-10-8-7-9-11-17)16(2)18(25)23(15)13-12-22(6)20(27)28-21(3,4)5/h7-11,15-16H,12-14H2,1-6H3/t15-,16+/m1/s1. The van der Waals surface area contributed by atoms with E-state index in [9.17, 15) is 14.4 Å². The van der Waals surface area contributed by atoms with Crippen LogP contribution in [0.1, 0.15) is 45.0 Å². The van der Waals surface area contributed by atoms with Gasteiger partial charge in [0, 0.05) is 26.2 Å². The van der Waals surface area contributed by atoms with E-state index >= 15 is 0 Å². The molecule has 1 saturated heterocycles. The van der Waals surface area contributed by atoms with E-state index < -0.39 is 23.7 Å². The third kappa shape index (κ3) is 6.19. The van der Waals surface area contributed by atoms with Gasteiger partial charge in [0.25, 0.3) is 0 Å². The molecule has 2 atom stereocenters. The Hall–Kier alpha value is -2.61. The molecule has 0 bridgehead atoms. The molecule has 0 radical (unpaired) electrons. The summed E-state index contributed by atoms with van der Waals surface area (Å²) in [5.41, 5.74) is -0.141. The molecule has 1 fully saturated rings. The zero-order chi connectivity index (χ0) is 21.8. The van der Waals surface area contributed by atoms with Gasteiger partial charge in [-0.2, -0.15) is 0 Å². The summed E-state index contributed by atoms with van der Waals surface area (Å²) >= 11 is 0. The number of nitrogens with zero attached hydrogens (tertiary/aromatic N) is 3. The van der Waals surface area contributed by atoms with Crippen molar-refractivity contribution < 1.29 is 24.0 Å². The molecule has 1 aromatic carbocycles. The molecule has 2 amide bonds. The average Bonchev–Trinajstić information content (AvgIpc) is 2.64. The summed E-state index contributed by atoms with van der Waals surface area (Å²) in [6.45, 7) is 10.1. The Morgan fingerprint density at radius 1 is 1.17 bits per heavy atom. The topological polar surface area (TPSA) is 79.4 Å². The predicted octanol–water partition coefficient (Wildman–Crippen LogP) is 2.55. The van der Waals surface area contributed by atoms with Gasteiger partial charge >= 0.3 is 12.1 Å². The number of amides is 2. The molecule has 0 N–H and O–H groups in total. The second-order valence-corrected chi connectivity index (χ2v) is 8.30. The monoisotopic (exact) mass is 405 g/mol. The van der Waals surface area contributed by atoms with Crippen molar-refractivity contribution in [2.24, 2.45) is 0 Å². The first-order valence-electron chi connectivity index (χ1n) is 9.78. The lowest BCUT2D eigenvalue weighted by Crippen LogP contribution is -2.61. The van der Waals surface area contributed by atoms with Crippen LogP contribution < -0.4 is 0 Å². The lowest BCUT2D eigenvalue weighted by Gasteiger charge is -2.42. The molecule has 0 aromatic heterocycles. The predicted molar refractivity (Wildman–Crippen MR) is 108 cm³/mol. The maximum absolute atomic E-state index is 12.8. The second kappa shape index (κ2) is 9.26. The van der Waals surface area contributed by atoms with Gasteiger partial charge in [-0.1, -0.05) is 18.2 Å². The van der Waals surface area contributed by atoms with Crippen LogP contribution in [0.3, 0.4) is 0 Å². The summed E-state index contributed by atoms with van der Waals surface area (Å²) in [4.78, 5) is 45.9. The van der Waals surface area contributed by atoms with Gasteiger partial charge in [-0.3, -0.25) is 4.79 Å². The Bertz CT molecular complexity index is 732. The Labute approximate surface area is 172 Å². The van der Waals surface area contributed by atoms with Gasteiger partial charge in [0.05, 0.1) is 12.1 Å². The minimum Gasteiger partial charge on any atom is -0.444 e. The molecule has 8 nitrogen and oxygen atoms in total. The molecule has 160 valence electrons. The van der Waals surface area contributed by atoms with Gasteiger partial charge in [-0.05, 0) is 46.8 Å². The molecule has 1 aliphatic heterocycles. The van der Waals surface area contributed by atoms with Crippen molar-refractivity contribution in [3.63, 3.8) is 0 Å². The van der Waals surface area contributed by atoms with Crippen LogP contribution in [-0.4, -0.2) is 77.2 Å². The molecule has 1 aliphatic rings. The number of likely N-dealkylation sites (N-methyl/N-ethyl adjacent to an activating group) is 1. The number of hydrogen-bond acceptors (Lipinski definition) is 6. The molecule has 0 saturated carbocycles. The molecule has 0 aliphatic carbocycles. The molecule has 1 heterocycles. The van der Waals surface area contributed by atoms with Crippen molar-refractivity contribution in [3.05, 3.63) is 35.9 Å². The van der Waals surface area contributed by atoms with Gasteiger partial charge in [-0.15, -0.1) is 5.06 Å². The van der Waals surface area contributed by atoms with Crippen LogP contribution in [0, 0.1) is 0 Å². The summed E-state index contributed by atoms with van der Waals surface area (Å²) in [6, 6.07) is 7.89. The fourth-order valence-electron chi connectivity index (χ4n) is 2.97. The first-order chi connectivity index (χ1) is 13.5. The second-order valence-electron chi connectivity index (χ2n) is 8.30. The minimum absolute atomic E-state index is 0.151. The summed E-state index contributed by atoms with van der Waals surface area (Å²) in [6.07, 6.45) is -0.430. The maximum atomic E-state index is 12.8. The van der Waals surface area contributed by atoms with E-state index in [1.165, 1.54) is 9.96 Å². The zero-order valence-electron chi connectivity index (χ0n) is 18.0. The number of carbonyl (C=O) groups excluding carboxylic acids is 3. The van der Waals surface area contributed by atoms with E-state index in [0.29, 0.717) is 25.2 Å². The van der Waals surface area contributed by atoms with E-state index in [4.69, 9.17) is 9.57 Å². The number of benzene rings is 1. The van der Waals surface area contributed by atoms with Crippen LogP contribution >= 0.6 is 0 Å². The molecule has 1 aromatic rings. The molecule has 0 spiro atoms. The van der Waals surface area contributed by atoms with Crippen LogP contribution in [0.25, 0.3) is 0 Å². The van der Waals surface area contributed by atoms with Crippen LogP contribution in [0.5, 0.6) is 0 Å². The van der Waals surface area contributed by atoms with Gasteiger partial charge < -0.3 is 19.4 Å². The van der Waals surface area contributed by atoms with Crippen molar-refractivity contribution in [2.45, 2.75) is 52.3 Å². The lowest BCUT2D eigenvalue weighted by atomic mass is 10.1. The molecular formula is C21H31N3O5. The summed E-state index contributed by atoms with van der Waals surface area (Å²) in [5, 5.41) is 1.43. The summed E-state index contributed by atoms with van der Waals surface area (Å²) in [5.74, 6) is -0.641. The first-order valence-corrected chi connectivity index (χ1v) is 9.78. The van der Waals surface area contributed by atoms with E-state index in [1.807, 2.05) is 33.8 Å². The highest BCUT2D eigenvalue weighted by atomic mass is 16.7. The van der Waals surface area contributed by atoms with E-state index in [-0.39, 0.29) is 11.9 Å². The number of hydrogen-bond donors (Lipinski definition) is 0. The minimum atomic E-state index is -0.606. The summed E-state index contributed by atoms with van der Waals surface area (Å²) < 4.78 is 5.33. The normalized spacial score (nSPS) is 20.3. The Balaban J connectivity index is 1.93. The number of carbonyl (C=O) groups is 3. The fourth-order valence-corrected chi connectivity index (χ4v) is 2.97. The SMILES string of the molecule is C[C@@H]1CN(OC(=O)c2ccccc2)[C@@H](C)C(=O)N1CCN(C)C(=O)OC(C)(C)C. The molecule has 29 heavy (non-hydrogen) atoms. The van der Waals surface area contributed by atoms with Gasteiger partial charge in [0.1, 0.15) is 11.6 Å². The van der Waals surface area contributed by atoms with Crippen molar-refractivity contribution in [3.8, 4) is 0 Å². The van der Waals surface area contributed by atoms with E-state index in [2.05, 4.69) is 0 Å². The van der Waals surface area contributed by atoms with Crippen molar-refractivity contribution in [1.82, 2.24) is 14.9 Å². The van der Waals surface area contributed by atoms with Crippen molar-refractivity contribution in [1.29, 1.82) is 0 Å². The van der Waals surface area contributed by atoms with E-state index in [1.54, 1.807) is 43.1 Å². The lowest BCUT2D eigenvalue weighted by molar-refractivity contribution is -0.185. The highest BCUT2D eigenvalue weighted by molar-refractivity contribution is 5.89. The number of ether oxygens (including phenoxy) is 1. The number of piperazine rings is 1. The van der Waals surface area contributed by atoms with Crippen LogP contribution in [0.15, 0.2) is 30.3 Å². The zero-order valence-corrected chi connectivity index (χ0v) is 18.0. The largest absolute Gasteiger partial charge is 0.444 e. The smallest absolute Gasteiger partial charge is 0.410 e. The number of hydroxylamine groups is 2. The molecule has 8 heteroatoms. The highest BCUT2D eigenvalue weighted by Gasteiger charge is 2.38. The highest BCUT2D eigenvalue weighted by Crippen LogP contribution is 2.18. The Kier molecular flexibility index (Phi) is 7.24. The third-order valence-corrected chi connectivity index (χ3v) is 4.64. The first kappa shape index (κ1) is 22.7. The Morgan fingerprint density at radius 3 is 2.38 bits per heavy atom. The summed E-state index contributed by atoms with van der Waals surface area (Å²) in [7, 11) is 1.64. The fraction of sp³-hybridized carbons (Fsp3) is 0.571. The number of rotatable bonds is 5. The molecule has 2 rings (SSSR count). The quantitative estimate of drug-likeness (QED) is 0.749. The van der Waals surface area contributed by atoms with Gasteiger partial charge in [0.15, 0.2) is 0 Å². The third-order valence-electron chi connectivity index (χ3n) is 4.64. The van der Waals surface area contributed by atoms with Crippen LogP contribution in [-0.2, 0) is 14.4 Å². The molecular weight excluding hydrogens is 374 g/mol.